The predicted octanol–water partition coefficient (Wildman–Crippen LogP) is 0.163. The molecule has 0 unspecified atom stereocenters. The monoisotopic (exact) mass is 235 g/mol. The molecule has 0 saturated carbocycles. The zero-order valence-corrected chi connectivity index (χ0v) is 10.0. The molecule has 0 aromatic carbocycles. The van der Waals surface area contributed by atoms with Crippen molar-refractivity contribution in [2.24, 2.45) is 4.99 Å². The van der Waals surface area contributed by atoms with Gasteiger partial charge in [-0.1, -0.05) is 11.8 Å². The molecule has 0 atom stereocenters. The van der Waals surface area contributed by atoms with Gasteiger partial charge in [-0.3, -0.25) is 0 Å². The fraction of sp³-hybridized carbons (Fsp3) is 0.714. The van der Waals surface area contributed by atoms with E-state index in [9.17, 15) is 8.42 Å². The second-order valence-corrected chi connectivity index (χ2v) is 5.78. The Balaban J connectivity index is 4.28. The van der Waals surface area contributed by atoms with E-state index in [1.165, 1.54) is 18.0 Å². The Kier molecular flexibility index (Phi) is 5.57. The normalized spacial score (nSPS) is 12.3. The summed E-state index contributed by atoms with van der Waals surface area (Å²) in [5, 5.41) is 8.87. The molecular weight excluding hydrogens is 222 g/mol. The van der Waals surface area contributed by atoms with Crippen LogP contribution in [0.2, 0.25) is 0 Å². The first-order valence-corrected chi connectivity index (χ1v) is 7.09. The number of hydrogen-bond donors (Lipinski definition) is 0. The number of rotatable bonds is 3. The lowest BCUT2D eigenvalue weighted by Crippen LogP contribution is -2.29. The van der Waals surface area contributed by atoms with Crippen molar-refractivity contribution in [3.8, 4) is 6.19 Å². The van der Waals surface area contributed by atoms with Crippen LogP contribution in [0.25, 0.3) is 0 Å². The van der Waals surface area contributed by atoms with Crippen LogP contribution in [-0.4, -0.2) is 50.3 Å². The molecule has 5 nitrogen and oxygen atoms in total. The maximum Gasteiger partial charge on any atom is 0.208 e. The zero-order chi connectivity index (χ0) is 11.2. The SMILES string of the molecule is CSC(=NC#N)N(C)CCS(C)(=O)=O. The van der Waals surface area contributed by atoms with E-state index in [0.29, 0.717) is 11.7 Å². The van der Waals surface area contributed by atoms with Gasteiger partial charge in [-0.05, 0) is 6.26 Å². The molecule has 0 aliphatic carbocycles. The lowest BCUT2D eigenvalue weighted by Gasteiger charge is -2.17. The Labute approximate surface area is 88.7 Å². The second-order valence-electron chi connectivity index (χ2n) is 2.75. The highest BCUT2D eigenvalue weighted by Gasteiger charge is 2.08. The van der Waals surface area contributed by atoms with Crippen LogP contribution >= 0.6 is 11.8 Å². The van der Waals surface area contributed by atoms with Crippen molar-refractivity contribution in [2.45, 2.75) is 0 Å². The van der Waals surface area contributed by atoms with Crippen molar-refractivity contribution < 1.29 is 8.42 Å². The van der Waals surface area contributed by atoms with E-state index in [1.54, 1.807) is 24.4 Å². The van der Waals surface area contributed by atoms with Gasteiger partial charge in [0.2, 0.25) is 6.19 Å². The second kappa shape index (κ2) is 5.88. The molecular formula is C7H13N3O2S2. The molecule has 80 valence electrons. The molecule has 0 bridgehead atoms. The Morgan fingerprint density at radius 1 is 1.64 bits per heavy atom. The van der Waals surface area contributed by atoms with Crippen molar-refractivity contribution in [3.63, 3.8) is 0 Å². The molecule has 0 aromatic rings. The van der Waals surface area contributed by atoms with Crippen LogP contribution in [0.1, 0.15) is 0 Å². The van der Waals surface area contributed by atoms with E-state index in [0.717, 1.165) is 0 Å². The fourth-order valence-electron chi connectivity index (χ4n) is 0.728. The van der Waals surface area contributed by atoms with E-state index in [-0.39, 0.29) is 5.75 Å². The summed E-state index contributed by atoms with van der Waals surface area (Å²) >= 11 is 1.31. The first kappa shape index (κ1) is 13.3. The molecule has 0 aromatic heterocycles. The average Bonchev–Trinajstić information content (AvgIpc) is 2.09. The van der Waals surface area contributed by atoms with Crippen molar-refractivity contribution in [2.75, 3.05) is 31.9 Å². The van der Waals surface area contributed by atoms with Gasteiger partial charge in [0.1, 0.15) is 9.84 Å². The zero-order valence-electron chi connectivity index (χ0n) is 8.39. The summed E-state index contributed by atoms with van der Waals surface area (Å²) in [5.41, 5.74) is 0. The van der Waals surface area contributed by atoms with Gasteiger partial charge in [-0.25, -0.2) is 8.42 Å². The van der Waals surface area contributed by atoms with Crippen molar-refractivity contribution in [1.29, 1.82) is 5.26 Å². The van der Waals surface area contributed by atoms with Crippen LogP contribution in [-0.2, 0) is 9.84 Å². The van der Waals surface area contributed by atoms with Gasteiger partial charge in [0, 0.05) is 19.8 Å². The summed E-state index contributed by atoms with van der Waals surface area (Å²) in [6.45, 7) is 0.347. The van der Waals surface area contributed by atoms with Gasteiger partial charge in [0.15, 0.2) is 5.17 Å². The molecule has 0 aliphatic heterocycles. The Morgan fingerprint density at radius 3 is 2.57 bits per heavy atom. The number of nitriles is 1. The molecule has 7 heteroatoms. The van der Waals surface area contributed by atoms with Gasteiger partial charge < -0.3 is 4.90 Å². The quantitative estimate of drug-likeness (QED) is 0.396. The largest absolute Gasteiger partial charge is 0.353 e. The Bertz CT molecular complexity index is 342. The van der Waals surface area contributed by atoms with Crippen LogP contribution in [0, 0.1) is 11.5 Å². The molecule has 0 amide bonds. The number of amidine groups is 1. The highest BCUT2D eigenvalue weighted by atomic mass is 32.2. The lowest BCUT2D eigenvalue weighted by atomic mass is 10.7. The first-order chi connectivity index (χ1) is 6.40. The molecule has 0 aliphatic rings. The molecule has 14 heavy (non-hydrogen) atoms. The number of sulfone groups is 1. The van der Waals surface area contributed by atoms with Gasteiger partial charge in [0.05, 0.1) is 5.75 Å². The average molecular weight is 235 g/mol. The van der Waals surface area contributed by atoms with E-state index >= 15 is 0 Å². The van der Waals surface area contributed by atoms with E-state index in [2.05, 4.69) is 4.99 Å². The van der Waals surface area contributed by atoms with E-state index in [4.69, 9.17) is 5.26 Å². The first-order valence-electron chi connectivity index (χ1n) is 3.80. The molecule has 0 saturated heterocycles. The smallest absolute Gasteiger partial charge is 0.208 e. The standard InChI is InChI=1S/C7H13N3O2S2/c1-10(4-5-14(3,11)12)7(13-2)9-6-8/h4-5H2,1-3H3. The van der Waals surface area contributed by atoms with Crippen molar-refractivity contribution in [1.82, 2.24) is 4.90 Å². The van der Waals surface area contributed by atoms with Gasteiger partial charge in [0.25, 0.3) is 0 Å². The van der Waals surface area contributed by atoms with Crippen LogP contribution in [0.3, 0.4) is 0 Å². The highest BCUT2D eigenvalue weighted by molar-refractivity contribution is 8.13. The number of aliphatic imine (C=N–C) groups is 1. The fourth-order valence-corrected chi connectivity index (χ4v) is 1.87. The third-order valence-electron chi connectivity index (χ3n) is 1.45. The molecule has 0 radical (unpaired) electrons. The van der Waals surface area contributed by atoms with Crippen molar-refractivity contribution in [3.05, 3.63) is 0 Å². The highest BCUT2D eigenvalue weighted by Crippen LogP contribution is 2.03. The van der Waals surface area contributed by atoms with Crippen LogP contribution in [0.15, 0.2) is 4.99 Å². The number of hydrogen-bond acceptors (Lipinski definition) is 5. The summed E-state index contributed by atoms with van der Waals surface area (Å²) in [4.78, 5) is 5.21. The summed E-state index contributed by atoms with van der Waals surface area (Å²) in [6, 6.07) is 0. The summed E-state index contributed by atoms with van der Waals surface area (Å²) in [6.07, 6.45) is 4.64. The third-order valence-corrected chi connectivity index (χ3v) is 3.14. The molecule has 0 rings (SSSR count). The van der Waals surface area contributed by atoms with E-state index in [1.807, 2.05) is 0 Å². The molecule has 0 spiro atoms. The van der Waals surface area contributed by atoms with Gasteiger partial charge >= 0.3 is 0 Å². The number of nitrogens with zero attached hydrogens (tertiary/aromatic N) is 3. The minimum atomic E-state index is -2.96. The van der Waals surface area contributed by atoms with Gasteiger partial charge in [-0.15, -0.1) is 4.99 Å². The maximum atomic E-state index is 10.9. The summed E-state index contributed by atoms with van der Waals surface area (Å²) < 4.78 is 21.7. The topological polar surface area (TPSA) is 73.5 Å². The summed E-state index contributed by atoms with van der Waals surface area (Å²) in [5.74, 6) is 0.0640. The van der Waals surface area contributed by atoms with Crippen LogP contribution in [0.5, 0.6) is 0 Å². The van der Waals surface area contributed by atoms with Crippen LogP contribution in [0.4, 0.5) is 0 Å². The summed E-state index contributed by atoms with van der Waals surface area (Å²) in [7, 11) is -1.26. The minimum Gasteiger partial charge on any atom is -0.353 e. The van der Waals surface area contributed by atoms with Crippen molar-refractivity contribution >= 4 is 26.8 Å². The Morgan fingerprint density at radius 2 is 2.21 bits per heavy atom. The van der Waals surface area contributed by atoms with E-state index < -0.39 is 9.84 Å². The predicted molar refractivity (Wildman–Crippen MR) is 58.9 cm³/mol. The minimum absolute atomic E-state index is 0.0640. The molecule has 0 N–H and O–H groups in total. The molecule has 0 fully saturated rings. The number of thioether (sulfide) groups is 1. The maximum absolute atomic E-state index is 10.9. The van der Waals surface area contributed by atoms with Gasteiger partial charge in [-0.2, -0.15) is 5.26 Å². The Hall–Kier alpha value is -0.740. The third kappa shape index (κ3) is 5.83. The lowest BCUT2D eigenvalue weighted by molar-refractivity contribution is 0.535. The van der Waals surface area contributed by atoms with Crippen LogP contribution < -0.4 is 0 Å². The molecule has 0 heterocycles.